The number of alkyl halides is 2. The van der Waals surface area contributed by atoms with Crippen molar-refractivity contribution in [3.8, 4) is 17.0 Å². The van der Waals surface area contributed by atoms with E-state index in [1.165, 1.54) is 12.1 Å². The van der Waals surface area contributed by atoms with Crippen LogP contribution in [0.15, 0.2) is 60.9 Å². The van der Waals surface area contributed by atoms with Gasteiger partial charge in [-0.25, -0.2) is 9.97 Å². The number of anilines is 1. The summed E-state index contributed by atoms with van der Waals surface area (Å²) in [5.41, 5.74) is 8.02. The van der Waals surface area contributed by atoms with Crippen molar-refractivity contribution in [1.29, 1.82) is 0 Å². The molecule has 8 nitrogen and oxygen atoms in total. The van der Waals surface area contributed by atoms with E-state index < -0.39 is 12.2 Å². The van der Waals surface area contributed by atoms with E-state index in [1.54, 1.807) is 37.4 Å². The number of piperidine rings is 1. The van der Waals surface area contributed by atoms with E-state index in [1.807, 2.05) is 27.6 Å². The zero-order valence-corrected chi connectivity index (χ0v) is 21.4. The lowest BCUT2D eigenvalue weighted by molar-refractivity contribution is -0.130. The Balaban J connectivity index is 1.34. The maximum Gasteiger partial charge on any atom is 0.387 e. The van der Waals surface area contributed by atoms with E-state index in [-0.39, 0.29) is 17.6 Å². The van der Waals surface area contributed by atoms with E-state index >= 15 is 0 Å². The third kappa shape index (κ3) is 4.48. The Labute approximate surface area is 224 Å². The molecule has 0 saturated carbocycles. The highest BCUT2D eigenvalue weighted by atomic mass is 19.3. The Kier molecular flexibility index (Phi) is 6.22. The average molecular weight is 534 g/mol. The minimum Gasteiger partial charge on any atom is -0.435 e. The van der Waals surface area contributed by atoms with E-state index in [0.29, 0.717) is 47.2 Å². The van der Waals surface area contributed by atoms with Gasteiger partial charge in [0.2, 0.25) is 5.91 Å². The molecule has 10 heteroatoms. The van der Waals surface area contributed by atoms with Gasteiger partial charge in [-0.1, -0.05) is 36.4 Å². The summed E-state index contributed by atoms with van der Waals surface area (Å²) in [4.78, 5) is 23.7. The van der Waals surface area contributed by atoms with Crippen LogP contribution in [0.25, 0.3) is 16.8 Å². The molecular formula is C29H29F2N5O3. The predicted octanol–water partition coefficient (Wildman–Crippen LogP) is 4.70. The van der Waals surface area contributed by atoms with Crippen molar-refractivity contribution in [3.05, 3.63) is 77.9 Å². The number of carbonyl (C=O) groups is 1. The molecule has 4 heterocycles. The molecule has 1 amide bonds. The van der Waals surface area contributed by atoms with E-state index in [0.717, 1.165) is 30.7 Å². The van der Waals surface area contributed by atoms with Gasteiger partial charge in [0.15, 0.2) is 0 Å². The fourth-order valence-electron chi connectivity index (χ4n) is 5.95. The molecule has 0 bridgehead atoms. The average Bonchev–Trinajstić information content (AvgIpc) is 3.50. The highest BCUT2D eigenvalue weighted by Crippen LogP contribution is 2.39. The van der Waals surface area contributed by atoms with Crippen molar-refractivity contribution >= 4 is 17.2 Å². The zero-order chi connectivity index (χ0) is 27.3. The molecular weight excluding hydrogens is 504 g/mol. The Morgan fingerprint density at radius 3 is 2.69 bits per heavy atom. The van der Waals surface area contributed by atoms with Gasteiger partial charge in [0.05, 0.1) is 0 Å². The van der Waals surface area contributed by atoms with Crippen LogP contribution in [0.5, 0.6) is 5.75 Å². The van der Waals surface area contributed by atoms with Crippen LogP contribution < -0.4 is 10.5 Å². The monoisotopic (exact) mass is 533 g/mol. The number of carbonyl (C=O) groups excluding carboxylic acids is 1. The second-order valence-electron chi connectivity index (χ2n) is 10.4. The highest BCUT2D eigenvalue weighted by molar-refractivity contribution is 5.85. The number of imidazole rings is 1. The number of hydrogen-bond donors (Lipinski definition) is 2. The molecule has 2 aromatic carbocycles. The molecule has 2 saturated heterocycles. The largest absolute Gasteiger partial charge is 0.435 e. The van der Waals surface area contributed by atoms with Crippen LogP contribution >= 0.6 is 0 Å². The molecule has 202 valence electrons. The molecule has 2 fully saturated rings. The number of aliphatic hydroxyl groups is 1. The van der Waals surface area contributed by atoms with E-state index in [2.05, 4.69) is 9.72 Å². The van der Waals surface area contributed by atoms with Crippen LogP contribution in [0.1, 0.15) is 55.5 Å². The van der Waals surface area contributed by atoms with Gasteiger partial charge in [0, 0.05) is 42.9 Å². The van der Waals surface area contributed by atoms with Crippen LogP contribution in [-0.2, 0) is 10.4 Å². The lowest BCUT2D eigenvalue weighted by atomic mass is 9.87. The smallest absolute Gasteiger partial charge is 0.387 e. The highest BCUT2D eigenvalue weighted by Gasteiger charge is 2.38. The Morgan fingerprint density at radius 1 is 1.13 bits per heavy atom. The topological polar surface area (TPSA) is 106 Å². The van der Waals surface area contributed by atoms with E-state index in [4.69, 9.17) is 10.7 Å². The van der Waals surface area contributed by atoms with Crippen LogP contribution in [0.2, 0.25) is 0 Å². The number of benzene rings is 2. The van der Waals surface area contributed by atoms with Gasteiger partial charge in [-0.05, 0) is 49.4 Å². The van der Waals surface area contributed by atoms with Gasteiger partial charge in [0.25, 0.3) is 0 Å². The third-order valence-corrected chi connectivity index (χ3v) is 8.04. The molecule has 0 spiro atoms. The number of nitrogen functional groups attached to an aromatic ring is 1. The summed E-state index contributed by atoms with van der Waals surface area (Å²) < 4.78 is 31.9. The van der Waals surface area contributed by atoms with Crippen molar-refractivity contribution in [2.24, 2.45) is 0 Å². The van der Waals surface area contributed by atoms with Gasteiger partial charge in [-0.2, -0.15) is 8.78 Å². The summed E-state index contributed by atoms with van der Waals surface area (Å²) in [6.07, 6.45) is 6.93. The number of aromatic nitrogens is 3. The van der Waals surface area contributed by atoms with Gasteiger partial charge in [0.1, 0.15) is 34.2 Å². The second-order valence-corrected chi connectivity index (χ2v) is 10.4. The lowest BCUT2D eigenvalue weighted by Gasteiger charge is -2.34. The number of hydrogen-bond acceptors (Lipinski definition) is 6. The SMILES string of the molecule is CC(O)(c1ccc(-c2nc([C@@H]3CC[C@H]4CCC(=O)N4C3)n3ccnc(N)c23)cc1)c1cccc(OC(F)F)c1. The van der Waals surface area contributed by atoms with Gasteiger partial charge in [-0.15, -0.1) is 0 Å². The second kappa shape index (κ2) is 9.60. The molecule has 1 unspecified atom stereocenters. The van der Waals surface area contributed by atoms with Crippen molar-refractivity contribution in [2.45, 2.75) is 56.8 Å². The number of fused-ring (bicyclic) bond motifs is 2. The third-order valence-electron chi connectivity index (χ3n) is 8.04. The summed E-state index contributed by atoms with van der Waals surface area (Å²) in [5.74, 6) is 1.46. The van der Waals surface area contributed by atoms with Gasteiger partial charge < -0.3 is 20.5 Å². The number of amides is 1. The first kappa shape index (κ1) is 25.2. The van der Waals surface area contributed by atoms with Crippen LogP contribution in [0.4, 0.5) is 14.6 Å². The number of ether oxygens (including phenoxy) is 1. The first-order chi connectivity index (χ1) is 18.7. The summed E-state index contributed by atoms with van der Waals surface area (Å²) >= 11 is 0. The van der Waals surface area contributed by atoms with Gasteiger partial charge >= 0.3 is 6.61 Å². The molecule has 2 aromatic heterocycles. The molecule has 3 atom stereocenters. The van der Waals surface area contributed by atoms with Crippen LogP contribution in [-0.4, -0.2) is 49.5 Å². The quantitative estimate of drug-likeness (QED) is 0.372. The maximum atomic E-state index is 12.7. The molecule has 2 aliphatic heterocycles. The first-order valence-corrected chi connectivity index (χ1v) is 13.0. The molecule has 0 radical (unpaired) electrons. The Hall–Kier alpha value is -4.05. The van der Waals surface area contributed by atoms with Crippen molar-refractivity contribution < 1.29 is 23.4 Å². The van der Waals surface area contributed by atoms with Crippen molar-refractivity contribution in [1.82, 2.24) is 19.3 Å². The number of rotatable bonds is 6. The predicted molar refractivity (Wildman–Crippen MR) is 141 cm³/mol. The number of halogens is 2. The molecule has 3 N–H and O–H groups in total. The fraction of sp³-hybridized carbons (Fsp3) is 0.345. The minimum atomic E-state index is -2.95. The van der Waals surface area contributed by atoms with E-state index in [9.17, 15) is 18.7 Å². The molecule has 0 aliphatic carbocycles. The van der Waals surface area contributed by atoms with Gasteiger partial charge in [-0.3, -0.25) is 9.20 Å². The lowest BCUT2D eigenvalue weighted by Crippen LogP contribution is -2.41. The van der Waals surface area contributed by atoms with Crippen LogP contribution in [0, 0.1) is 0 Å². The van der Waals surface area contributed by atoms with Crippen molar-refractivity contribution in [2.75, 3.05) is 12.3 Å². The maximum absolute atomic E-state index is 12.7. The summed E-state index contributed by atoms with van der Waals surface area (Å²) in [7, 11) is 0. The molecule has 39 heavy (non-hydrogen) atoms. The van der Waals surface area contributed by atoms with Crippen molar-refractivity contribution in [3.63, 3.8) is 0 Å². The fourth-order valence-corrected chi connectivity index (χ4v) is 5.95. The Morgan fingerprint density at radius 2 is 1.92 bits per heavy atom. The van der Waals surface area contributed by atoms with Crippen LogP contribution in [0.3, 0.4) is 0 Å². The first-order valence-electron chi connectivity index (χ1n) is 13.0. The number of nitrogens with zero attached hydrogens (tertiary/aromatic N) is 4. The summed E-state index contributed by atoms with van der Waals surface area (Å²) in [5, 5.41) is 11.3. The number of nitrogens with two attached hydrogens (primary N) is 1. The Bertz CT molecular complexity index is 1540. The molecule has 4 aromatic rings. The molecule has 2 aliphatic rings. The summed E-state index contributed by atoms with van der Waals surface area (Å²) in [6, 6.07) is 13.6. The zero-order valence-electron chi connectivity index (χ0n) is 21.4. The molecule has 6 rings (SSSR count). The normalized spacial score (nSPS) is 20.8. The minimum absolute atomic E-state index is 0.0240. The summed E-state index contributed by atoms with van der Waals surface area (Å²) in [6.45, 7) is -0.710. The standard InChI is InChI=1S/C29H29F2N5O3/c1-29(38,20-3-2-4-22(15-20)39-28(30)31)19-8-5-17(6-9-19)24-25-26(32)33-13-14-35(25)27(34-24)18-7-10-21-11-12-23(37)36(21)16-18/h2-6,8-9,13-15,18,21,28,38H,7,10-12,16H2,1H3,(H2,32,33)/t18-,21+,29?/m1/s1.